The Morgan fingerprint density at radius 2 is 0.717 bits per heavy atom. The maximum absolute atomic E-state index is 4.98. The number of benzene rings is 7. The van der Waals surface area contributed by atoms with Gasteiger partial charge in [-0.1, -0.05) is 175 Å². The highest BCUT2D eigenvalue weighted by Gasteiger charge is 2.16. The first-order valence-electron chi connectivity index (χ1n) is 19.9. The Morgan fingerprint density at radius 3 is 1.20 bits per heavy atom. The largest absolute Gasteiger partial charge is 0.208 e. The SMILES string of the molecule is Cc1ccccc1-c1nc(-c2ccccc2)nc(-c2ccc(C3=c4cc(-c5ccc(-c6nc(-c7ccccc7)nc(-c7ccccc7C)n6)cc5)ccc4=C=C=C3)cc2)n1. The minimum atomic E-state index is 0.622. The normalized spacial score (nSPS) is 11.6. The molecule has 0 saturated carbocycles. The van der Waals surface area contributed by atoms with E-state index in [1.807, 2.05) is 91.0 Å². The summed E-state index contributed by atoms with van der Waals surface area (Å²) in [5, 5.41) is 2.08. The summed E-state index contributed by atoms with van der Waals surface area (Å²) in [5.74, 6) is 3.84. The van der Waals surface area contributed by atoms with Gasteiger partial charge in [-0.05, 0) is 70.7 Å². The highest BCUT2D eigenvalue weighted by molar-refractivity contribution is 5.79. The molecule has 0 saturated heterocycles. The zero-order valence-electron chi connectivity index (χ0n) is 33.0. The van der Waals surface area contributed by atoms with Crippen LogP contribution in [0, 0.1) is 13.8 Å². The van der Waals surface area contributed by atoms with Crippen molar-refractivity contribution in [1.82, 2.24) is 29.9 Å². The molecule has 1 aliphatic rings. The van der Waals surface area contributed by atoms with E-state index in [-0.39, 0.29) is 0 Å². The van der Waals surface area contributed by atoms with Crippen LogP contribution in [0.25, 0.3) is 90.8 Å². The van der Waals surface area contributed by atoms with E-state index < -0.39 is 0 Å². The molecule has 60 heavy (non-hydrogen) atoms. The van der Waals surface area contributed by atoms with Gasteiger partial charge in [0.2, 0.25) is 0 Å². The molecule has 0 fully saturated rings. The fourth-order valence-corrected chi connectivity index (χ4v) is 7.50. The maximum Gasteiger partial charge on any atom is 0.164 e. The molecule has 2 heterocycles. The molecule has 0 atom stereocenters. The zero-order chi connectivity index (χ0) is 40.4. The molecule has 0 bridgehead atoms. The minimum absolute atomic E-state index is 0.622. The minimum Gasteiger partial charge on any atom is -0.208 e. The molecule has 0 unspecified atom stereocenters. The second-order valence-electron chi connectivity index (χ2n) is 14.7. The molecule has 0 aliphatic heterocycles. The lowest BCUT2D eigenvalue weighted by molar-refractivity contribution is 1.07. The molecule has 2 aromatic heterocycles. The number of hydrogen-bond acceptors (Lipinski definition) is 6. The van der Waals surface area contributed by atoms with Gasteiger partial charge in [0.25, 0.3) is 0 Å². The van der Waals surface area contributed by atoms with E-state index in [4.69, 9.17) is 29.9 Å². The zero-order valence-corrected chi connectivity index (χ0v) is 33.0. The van der Waals surface area contributed by atoms with E-state index in [1.54, 1.807) is 0 Å². The number of fused-ring (bicyclic) bond motifs is 1. The first-order valence-corrected chi connectivity index (χ1v) is 19.9. The van der Waals surface area contributed by atoms with Crippen molar-refractivity contribution in [2.45, 2.75) is 13.8 Å². The van der Waals surface area contributed by atoms with Crippen LogP contribution in [-0.4, -0.2) is 29.9 Å². The molecule has 6 nitrogen and oxygen atoms in total. The van der Waals surface area contributed by atoms with Crippen LogP contribution in [-0.2, 0) is 0 Å². The fraction of sp³-hybridized carbons (Fsp3) is 0.0370. The Hall–Kier alpha value is -8.14. The van der Waals surface area contributed by atoms with Gasteiger partial charge < -0.3 is 0 Å². The number of allylic oxidation sites excluding steroid dienone is 1. The average molecular weight is 769 g/mol. The van der Waals surface area contributed by atoms with Gasteiger partial charge in [0.15, 0.2) is 34.9 Å². The van der Waals surface area contributed by atoms with Gasteiger partial charge >= 0.3 is 0 Å². The Labute approximate surface area is 348 Å². The molecule has 10 rings (SSSR count). The molecule has 7 aromatic carbocycles. The van der Waals surface area contributed by atoms with Crippen molar-refractivity contribution >= 4 is 11.3 Å². The van der Waals surface area contributed by atoms with E-state index in [0.717, 1.165) is 77.2 Å². The van der Waals surface area contributed by atoms with E-state index in [1.165, 1.54) is 0 Å². The number of hydrogen-bond donors (Lipinski definition) is 0. The smallest absolute Gasteiger partial charge is 0.164 e. The molecule has 282 valence electrons. The highest BCUT2D eigenvalue weighted by atomic mass is 15.0. The predicted octanol–water partition coefficient (Wildman–Crippen LogP) is 10.6. The van der Waals surface area contributed by atoms with Crippen LogP contribution in [0.15, 0.2) is 188 Å². The lowest BCUT2D eigenvalue weighted by Gasteiger charge is -2.11. The van der Waals surface area contributed by atoms with Crippen molar-refractivity contribution in [3.63, 3.8) is 0 Å². The van der Waals surface area contributed by atoms with E-state index in [0.29, 0.717) is 34.9 Å². The van der Waals surface area contributed by atoms with E-state index in [9.17, 15) is 0 Å². The number of nitrogens with zero attached hydrogens (tertiary/aromatic N) is 6. The molecule has 0 amide bonds. The Bertz CT molecular complexity index is 3270. The molecule has 0 radical (unpaired) electrons. The van der Waals surface area contributed by atoms with Crippen molar-refractivity contribution < 1.29 is 0 Å². The molecular formula is C54H36N6. The van der Waals surface area contributed by atoms with E-state index in [2.05, 4.69) is 116 Å². The van der Waals surface area contributed by atoms with Gasteiger partial charge in [-0.3, -0.25) is 0 Å². The standard InChI is InChI=1S/C54H36N6/c1-35-14-9-11-21-45(35)53-57-49(40-16-5-3-6-17-40)55-51(59-53)42-29-24-37(25-30-42)44-33-28-38-20-13-23-47(48(38)34-44)39-26-31-43(32-27-39)52-56-50(41-18-7-4-8-19-41)58-54(60-52)46-22-12-10-15-36(46)2/h3-12,14-19,21-34H,1-2H3. The summed E-state index contributed by atoms with van der Waals surface area (Å²) in [4.78, 5) is 29.7. The van der Waals surface area contributed by atoms with Crippen molar-refractivity contribution in [3.05, 3.63) is 215 Å². The molecule has 6 heteroatoms. The van der Waals surface area contributed by atoms with E-state index >= 15 is 0 Å². The average Bonchev–Trinajstić information content (AvgIpc) is 3.32. The summed E-state index contributed by atoms with van der Waals surface area (Å²) < 4.78 is 0. The van der Waals surface area contributed by atoms with Crippen molar-refractivity contribution in [3.8, 4) is 79.5 Å². The Kier molecular flexibility index (Phi) is 9.45. The monoisotopic (exact) mass is 768 g/mol. The number of rotatable bonds is 8. The second-order valence-corrected chi connectivity index (χ2v) is 14.7. The van der Waals surface area contributed by atoms with Crippen LogP contribution in [0.3, 0.4) is 0 Å². The van der Waals surface area contributed by atoms with Gasteiger partial charge in [0, 0.05) is 38.6 Å². The number of aromatic nitrogens is 6. The van der Waals surface area contributed by atoms with Gasteiger partial charge in [-0.25, -0.2) is 29.9 Å². The quantitative estimate of drug-likeness (QED) is 0.143. The molecule has 0 N–H and O–H groups in total. The van der Waals surface area contributed by atoms with Gasteiger partial charge in [-0.15, -0.1) is 0 Å². The summed E-state index contributed by atoms with van der Waals surface area (Å²) in [5.41, 5.74) is 18.8. The second kappa shape index (κ2) is 15.7. The summed E-state index contributed by atoms with van der Waals surface area (Å²) in [7, 11) is 0. The van der Waals surface area contributed by atoms with Gasteiger partial charge in [0.1, 0.15) is 0 Å². The molecule has 0 spiro atoms. The van der Waals surface area contributed by atoms with Crippen LogP contribution in [0.5, 0.6) is 0 Å². The van der Waals surface area contributed by atoms with Crippen LogP contribution in [0.4, 0.5) is 0 Å². The lowest BCUT2D eigenvalue weighted by Crippen LogP contribution is -2.27. The predicted molar refractivity (Wildman–Crippen MR) is 240 cm³/mol. The van der Waals surface area contributed by atoms with Crippen LogP contribution in [0.2, 0.25) is 0 Å². The number of aryl methyl sites for hydroxylation is 2. The van der Waals surface area contributed by atoms with Crippen LogP contribution >= 0.6 is 0 Å². The summed E-state index contributed by atoms with van der Waals surface area (Å²) >= 11 is 0. The van der Waals surface area contributed by atoms with Crippen LogP contribution in [0.1, 0.15) is 16.7 Å². The molecular weight excluding hydrogens is 733 g/mol. The Morgan fingerprint density at radius 1 is 0.333 bits per heavy atom. The summed E-state index contributed by atoms with van der Waals surface area (Å²) in [6.07, 6.45) is 2.01. The topological polar surface area (TPSA) is 77.3 Å². The fourth-order valence-electron chi connectivity index (χ4n) is 7.50. The summed E-state index contributed by atoms with van der Waals surface area (Å²) in [6.45, 7) is 4.16. The van der Waals surface area contributed by atoms with Crippen molar-refractivity contribution in [2.75, 3.05) is 0 Å². The lowest BCUT2D eigenvalue weighted by atomic mass is 9.96. The third-order valence-electron chi connectivity index (χ3n) is 10.8. The molecule has 1 aliphatic carbocycles. The third kappa shape index (κ3) is 7.17. The van der Waals surface area contributed by atoms with Crippen molar-refractivity contribution in [2.24, 2.45) is 0 Å². The summed E-state index contributed by atoms with van der Waals surface area (Å²) in [6, 6.07) is 59.8. The maximum atomic E-state index is 4.98. The first-order chi connectivity index (χ1) is 29.5. The van der Waals surface area contributed by atoms with Gasteiger partial charge in [-0.2, -0.15) is 0 Å². The third-order valence-corrected chi connectivity index (χ3v) is 10.8. The van der Waals surface area contributed by atoms with Gasteiger partial charge in [0.05, 0.1) is 0 Å². The first kappa shape index (κ1) is 36.2. The van der Waals surface area contributed by atoms with Crippen LogP contribution < -0.4 is 10.4 Å². The van der Waals surface area contributed by atoms with Crippen molar-refractivity contribution in [1.29, 1.82) is 0 Å². The highest BCUT2D eigenvalue weighted by Crippen LogP contribution is 2.30. The molecule has 9 aromatic rings. The Balaban J connectivity index is 0.993.